The zero-order valence-electron chi connectivity index (χ0n) is 11.7. The largest absolute Gasteiger partial charge is 0.497 e. The van der Waals surface area contributed by atoms with E-state index in [0.29, 0.717) is 5.92 Å². The van der Waals surface area contributed by atoms with Gasteiger partial charge in [-0.25, -0.2) is 0 Å². The molecule has 0 amide bonds. The van der Waals surface area contributed by atoms with E-state index in [9.17, 15) is 0 Å². The van der Waals surface area contributed by atoms with Gasteiger partial charge in [0.2, 0.25) is 0 Å². The highest BCUT2D eigenvalue weighted by Crippen LogP contribution is 2.41. The van der Waals surface area contributed by atoms with Gasteiger partial charge in [0.05, 0.1) is 7.11 Å². The molecule has 1 heterocycles. The smallest absolute Gasteiger partial charge is 0.119 e. The number of methoxy groups -OCH3 is 1. The van der Waals surface area contributed by atoms with E-state index >= 15 is 0 Å². The summed E-state index contributed by atoms with van der Waals surface area (Å²) in [7, 11) is 3.82. The fourth-order valence-corrected chi connectivity index (χ4v) is 3.24. The molecule has 3 nitrogen and oxygen atoms in total. The molecule has 1 atom stereocenters. The van der Waals surface area contributed by atoms with Crippen molar-refractivity contribution in [3.05, 3.63) is 30.0 Å². The van der Waals surface area contributed by atoms with Gasteiger partial charge in [-0.2, -0.15) is 0 Å². The van der Waals surface area contributed by atoms with Gasteiger partial charge in [0, 0.05) is 30.1 Å². The third-order valence-electron chi connectivity index (χ3n) is 4.60. The summed E-state index contributed by atoms with van der Waals surface area (Å²) in [5, 5.41) is 1.30. The molecule has 1 saturated carbocycles. The van der Waals surface area contributed by atoms with Crippen molar-refractivity contribution in [1.29, 1.82) is 0 Å². The van der Waals surface area contributed by atoms with Gasteiger partial charge in [0.15, 0.2) is 0 Å². The van der Waals surface area contributed by atoms with Crippen LogP contribution in [0.5, 0.6) is 5.75 Å². The zero-order chi connectivity index (χ0) is 13.4. The van der Waals surface area contributed by atoms with Crippen LogP contribution in [0.3, 0.4) is 0 Å². The maximum Gasteiger partial charge on any atom is 0.119 e. The second kappa shape index (κ2) is 4.89. The van der Waals surface area contributed by atoms with Crippen LogP contribution >= 0.6 is 0 Å². The summed E-state index contributed by atoms with van der Waals surface area (Å²) in [5.41, 5.74) is 8.70. The molecule has 1 unspecified atom stereocenters. The lowest BCUT2D eigenvalue weighted by atomic mass is 9.73. The second-order valence-electron chi connectivity index (χ2n) is 5.61. The van der Waals surface area contributed by atoms with Gasteiger partial charge in [-0.3, -0.25) is 0 Å². The molecule has 2 N–H and O–H groups in total. The molecule has 0 spiro atoms. The number of rotatable bonds is 4. The molecule has 3 rings (SSSR count). The molecule has 1 aliphatic carbocycles. The summed E-state index contributed by atoms with van der Waals surface area (Å²) >= 11 is 0. The Hall–Kier alpha value is -1.48. The first-order chi connectivity index (χ1) is 9.24. The molecular weight excluding hydrogens is 236 g/mol. The van der Waals surface area contributed by atoms with Crippen molar-refractivity contribution < 1.29 is 4.74 Å². The molecule has 2 aromatic rings. The van der Waals surface area contributed by atoms with Crippen LogP contribution in [0.2, 0.25) is 0 Å². The van der Waals surface area contributed by atoms with Gasteiger partial charge >= 0.3 is 0 Å². The second-order valence-corrected chi connectivity index (χ2v) is 5.61. The van der Waals surface area contributed by atoms with Gasteiger partial charge in [-0.15, -0.1) is 0 Å². The van der Waals surface area contributed by atoms with Crippen LogP contribution in [0.15, 0.2) is 24.4 Å². The first kappa shape index (κ1) is 12.5. The Morgan fingerprint density at radius 1 is 1.42 bits per heavy atom. The number of aryl methyl sites for hydroxylation is 1. The highest BCUT2D eigenvalue weighted by atomic mass is 16.5. The van der Waals surface area contributed by atoms with Gasteiger partial charge in [-0.05, 0) is 49.1 Å². The van der Waals surface area contributed by atoms with Crippen LogP contribution in [0.4, 0.5) is 0 Å². The molecule has 1 aromatic carbocycles. The molecular formula is C16H22N2O. The first-order valence-corrected chi connectivity index (χ1v) is 7.07. The minimum atomic E-state index is 0.490. The van der Waals surface area contributed by atoms with Crippen molar-refractivity contribution in [1.82, 2.24) is 4.57 Å². The van der Waals surface area contributed by atoms with E-state index in [0.717, 1.165) is 18.2 Å². The predicted molar refractivity (Wildman–Crippen MR) is 78.6 cm³/mol. The monoisotopic (exact) mass is 258 g/mol. The summed E-state index contributed by atoms with van der Waals surface area (Å²) in [5.74, 6) is 2.18. The third kappa shape index (κ3) is 2.02. The standard InChI is InChI=1S/C16H22N2O/c1-18-10-15(14(9-17)11-4-3-5-11)13-8-12(19-2)6-7-16(13)18/h6-8,10-11,14H,3-5,9,17H2,1-2H3. The van der Waals surface area contributed by atoms with Gasteiger partial charge in [-0.1, -0.05) is 6.42 Å². The molecule has 19 heavy (non-hydrogen) atoms. The summed E-state index contributed by atoms with van der Waals surface area (Å²) in [4.78, 5) is 0. The maximum absolute atomic E-state index is 6.05. The fraction of sp³-hybridized carbons (Fsp3) is 0.500. The average Bonchev–Trinajstić information content (AvgIpc) is 2.70. The van der Waals surface area contributed by atoms with E-state index in [1.54, 1.807) is 7.11 Å². The van der Waals surface area contributed by atoms with Crippen LogP contribution < -0.4 is 10.5 Å². The highest BCUT2D eigenvalue weighted by Gasteiger charge is 2.29. The van der Waals surface area contributed by atoms with E-state index in [4.69, 9.17) is 10.5 Å². The van der Waals surface area contributed by atoms with Crippen molar-refractivity contribution >= 4 is 10.9 Å². The minimum Gasteiger partial charge on any atom is -0.497 e. The Bertz CT molecular complexity index is 584. The lowest BCUT2D eigenvalue weighted by Crippen LogP contribution is -2.26. The molecule has 102 valence electrons. The van der Waals surface area contributed by atoms with Crippen LogP contribution in [-0.4, -0.2) is 18.2 Å². The van der Waals surface area contributed by atoms with Gasteiger partial charge in [0.1, 0.15) is 5.75 Å². The van der Waals surface area contributed by atoms with Gasteiger partial charge in [0.25, 0.3) is 0 Å². The van der Waals surface area contributed by atoms with Crippen molar-refractivity contribution in [3.8, 4) is 5.75 Å². The zero-order valence-corrected chi connectivity index (χ0v) is 11.7. The minimum absolute atomic E-state index is 0.490. The summed E-state index contributed by atoms with van der Waals surface area (Å²) in [6, 6.07) is 6.30. The highest BCUT2D eigenvalue weighted by molar-refractivity contribution is 5.86. The molecule has 1 fully saturated rings. The van der Waals surface area contributed by atoms with Crippen molar-refractivity contribution in [2.75, 3.05) is 13.7 Å². The number of hydrogen-bond donors (Lipinski definition) is 1. The SMILES string of the molecule is COc1ccc2c(c1)c(C(CN)C1CCC1)cn2C. The molecule has 0 radical (unpaired) electrons. The van der Waals surface area contributed by atoms with E-state index < -0.39 is 0 Å². The number of aromatic nitrogens is 1. The van der Waals surface area contributed by atoms with E-state index in [1.165, 1.54) is 35.7 Å². The average molecular weight is 258 g/mol. The Kier molecular flexibility index (Phi) is 3.23. The lowest BCUT2D eigenvalue weighted by Gasteiger charge is -2.33. The van der Waals surface area contributed by atoms with Crippen LogP contribution in [0, 0.1) is 5.92 Å². The third-order valence-corrected chi connectivity index (χ3v) is 4.60. The Morgan fingerprint density at radius 2 is 2.21 bits per heavy atom. The quantitative estimate of drug-likeness (QED) is 0.915. The fourth-order valence-electron chi connectivity index (χ4n) is 3.24. The molecule has 3 heteroatoms. The summed E-state index contributed by atoms with van der Waals surface area (Å²) in [6.45, 7) is 0.737. The number of nitrogens with two attached hydrogens (primary N) is 1. The van der Waals surface area contributed by atoms with E-state index in [-0.39, 0.29) is 0 Å². The lowest BCUT2D eigenvalue weighted by molar-refractivity contribution is 0.265. The van der Waals surface area contributed by atoms with Crippen LogP contribution in [-0.2, 0) is 7.05 Å². The van der Waals surface area contributed by atoms with Crippen LogP contribution in [0.25, 0.3) is 10.9 Å². The first-order valence-electron chi connectivity index (χ1n) is 7.07. The van der Waals surface area contributed by atoms with Crippen LogP contribution in [0.1, 0.15) is 30.7 Å². The predicted octanol–water partition coefficient (Wildman–Crippen LogP) is 3.03. The molecule has 0 bridgehead atoms. The maximum atomic E-state index is 6.05. The van der Waals surface area contributed by atoms with Crippen molar-refractivity contribution in [2.24, 2.45) is 18.7 Å². The number of hydrogen-bond acceptors (Lipinski definition) is 2. The number of fused-ring (bicyclic) bond motifs is 1. The normalized spacial score (nSPS) is 17.4. The Balaban J connectivity index is 2.10. The Labute approximate surface area is 114 Å². The summed E-state index contributed by atoms with van der Waals surface area (Å²) < 4.78 is 7.56. The van der Waals surface area contributed by atoms with Crippen molar-refractivity contribution in [2.45, 2.75) is 25.2 Å². The van der Waals surface area contributed by atoms with E-state index in [2.05, 4.69) is 29.9 Å². The number of nitrogens with zero attached hydrogens (tertiary/aromatic N) is 1. The topological polar surface area (TPSA) is 40.2 Å². The van der Waals surface area contributed by atoms with Gasteiger partial charge < -0.3 is 15.0 Å². The van der Waals surface area contributed by atoms with E-state index in [1.807, 2.05) is 6.07 Å². The molecule has 1 aliphatic rings. The molecule has 1 aromatic heterocycles. The molecule has 0 aliphatic heterocycles. The Morgan fingerprint density at radius 3 is 2.79 bits per heavy atom. The summed E-state index contributed by atoms with van der Waals surface area (Å²) in [6.07, 6.45) is 6.25. The van der Waals surface area contributed by atoms with Crippen molar-refractivity contribution in [3.63, 3.8) is 0 Å². The number of ether oxygens (including phenoxy) is 1. The molecule has 0 saturated heterocycles. The number of benzene rings is 1.